The van der Waals surface area contributed by atoms with Crippen LogP contribution in [0.15, 0.2) is 0 Å². The van der Waals surface area contributed by atoms with Gasteiger partial charge < -0.3 is 20.7 Å². The van der Waals surface area contributed by atoms with Gasteiger partial charge in [0.05, 0.1) is 12.1 Å². The lowest BCUT2D eigenvalue weighted by atomic mass is 10.00. The van der Waals surface area contributed by atoms with Crippen LogP contribution >= 0.6 is 0 Å². The third-order valence-electron chi connectivity index (χ3n) is 4.32. The van der Waals surface area contributed by atoms with Crippen molar-refractivity contribution in [1.82, 2.24) is 16.0 Å². The molecular formula is C20H39N3O3. The number of unbranched alkanes of at least 4 members (excludes halogenated alkanes) is 2. The third kappa shape index (κ3) is 10.5. The second kappa shape index (κ2) is 13.7. The predicted octanol–water partition coefficient (Wildman–Crippen LogP) is 2.42. The standard InChI is InChI=1S/C20H39N3O3/c1-7-8-9-10-16(13-24)22-20(26)18(12-15(4)5)23-19(25)17(21-6)11-14(2)3/h13-18,21H,7-12H2,1-6H3,(H,22,26)(H,23,25)/t16-,17-,18-/m0/s1. The molecule has 3 N–H and O–H groups in total. The second-order valence-corrected chi connectivity index (χ2v) is 7.91. The zero-order chi connectivity index (χ0) is 20.1. The first-order valence-electron chi connectivity index (χ1n) is 9.98. The summed E-state index contributed by atoms with van der Waals surface area (Å²) in [7, 11) is 1.75. The molecule has 0 aliphatic heterocycles. The maximum Gasteiger partial charge on any atom is 0.243 e. The molecule has 0 spiro atoms. The highest BCUT2D eigenvalue weighted by Crippen LogP contribution is 2.09. The van der Waals surface area contributed by atoms with Crippen LogP contribution < -0.4 is 16.0 Å². The molecule has 0 fully saturated rings. The molecule has 0 radical (unpaired) electrons. The topological polar surface area (TPSA) is 87.3 Å². The van der Waals surface area contributed by atoms with Crippen molar-refractivity contribution in [3.8, 4) is 0 Å². The molecule has 6 heteroatoms. The summed E-state index contributed by atoms with van der Waals surface area (Å²) in [6.45, 7) is 10.2. The van der Waals surface area contributed by atoms with Gasteiger partial charge in [-0.15, -0.1) is 0 Å². The number of rotatable bonds is 14. The van der Waals surface area contributed by atoms with Gasteiger partial charge in [0, 0.05) is 0 Å². The van der Waals surface area contributed by atoms with Gasteiger partial charge in [-0.25, -0.2) is 0 Å². The van der Waals surface area contributed by atoms with Crippen LogP contribution in [0.4, 0.5) is 0 Å². The van der Waals surface area contributed by atoms with Gasteiger partial charge in [0.25, 0.3) is 0 Å². The van der Waals surface area contributed by atoms with Crippen LogP contribution in [0.2, 0.25) is 0 Å². The Kier molecular flexibility index (Phi) is 13.0. The van der Waals surface area contributed by atoms with Crippen molar-refractivity contribution in [2.75, 3.05) is 7.05 Å². The zero-order valence-electron chi connectivity index (χ0n) is 17.4. The van der Waals surface area contributed by atoms with Crippen LogP contribution in [-0.2, 0) is 14.4 Å². The number of hydrogen-bond acceptors (Lipinski definition) is 4. The van der Waals surface area contributed by atoms with Crippen molar-refractivity contribution in [3.63, 3.8) is 0 Å². The Balaban J connectivity index is 4.91. The summed E-state index contributed by atoms with van der Waals surface area (Å²) in [6, 6.07) is -1.45. The quantitative estimate of drug-likeness (QED) is 0.324. The average molecular weight is 370 g/mol. The van der Waals surface area contributed by atoms with E-state index in [0.717, 1.165) is 25.5 Å². The molecule has 0 aromatic carbocycles. The van der Waals surface area contributed by atoms with Gasteiger partial charge in [-0.3, -0.25) is 9.59 Å². The molecule has 0 aromatic rings. The molecule has 0 rings (SSSR count). The molecule has 0 aromatic heterocycles. The molecule has 3 atom stereocenters. The molecule has 0 aliphatic carbocycles. The lowest BCUT2D eigenvalue weighted by molar-refractivity contribution is -0.131. The van der Waals surface area contributed by atoms with E-state index in [1.54, 1.807) is 7.05 Å². The van der Waals surface area contributed by atoms with Crippen LogP contribution in [0.25, 0.3) is 0 Å². The van der Waals surface area contributed by atoms with Gasteiger partial charge in [-0.05, 0) is 38.1 Å². The first kappa shape index (κ1) is 24.6. The number of carbonyl (C=O) groups is 3. The molecule has 0 unspecified atom stereocenters. The molecule has 2 amide bonds. The number of carbonyl (C=O) groups excluding carboxylic acids is 3. The monoisotopic (exact) mass is 369 g/mol. The first-order chi connectivity index (χ1) is 12.2. The summed E-state index contributed by atoms with van der Waals surface area (Å²) in [6.07, 6.45) is 5.66. The van der Waals surface area contributed by atoms with E-state index in [1.165, 1.54) is 0 Å². The van der Waals surface area contributed by atoms with Gasteiger partial charge in [-0.1, -0.05) is 53.9 Å². The maximum absolute atomic E-state index is 12.6. The second-order valence-electron chi connectivity index (χ2n) is 7.91. The van der Waals surface area contributed by atoms with Gasteiger partial charge in [0.1, 0.15) is 12.3 Å². The molecule has 26 heavy (non-hydrogen) atoms. The molecule has 0 heterocycles. The fourth-order valence-electron chi connectivity index (χ4n) is 2.87. The number of nitrogens with one attached hydrogen (secondary N) is 3. The van der Waals surface area contributed by atoms with E-state index in [4.69, 9.17) is 0 Å². The molecule has 152 valence electrons. The Labute approximate surface area is 159 Å². The normalized spacial score (nSPS) is 14.8. The van der Waals surface area contributed by atoms with Crippen LogP contribution in [0.3, 0.4) is 0 Å². The summed E-state index contributed by atoms with van der Waals surface area (Å²) in [4.78, 5) is 36.5. The van der Waals surface area contributed by atoms with Crippen molar-refractivity contribution >= 4 is 18.1 Å². The van der Waals surface area contributed by atoms with E-state index in [9.17, 15) is 14.4 Å². The Morgan fingerprint density at radius 3 is 1.88 bits per heavy atom. The van der Waals surface area contributed by atoms with E-state index in [0.29, 0.717) is 25.2 Å². The average Bonchev–Trinajstić information content (AvgIpc) is 2.57. The lowest BCUT2D eigenvalue weighted by Gasteiger charge is -2.25. The van der Waals surface area contributed by atoms with Gasteiger partial charge >= 0.3 is 0 Å². The Hall–Kier alpha value is -1.43. The maximum atomic E-state index is 12.6. The zero-order valence-corrected chi connectivity index (χ0v) is 17.4. The predicted molar refractivity (Wildman–Crippen MR) is 106 cm³/mol. The SMILES string of the molecule is CCCCC[C@@H](C=O)NC(=O)[C@H](CC(C)C)NC(=O)[C@H](CC(C)C)NC. The summed E-state index contributed by atoms with van der Waals surface area (Å²) in [5, 5.41) is 8.68. The minimum Gasteiger partial charge on any atom is -0.345 e. The minimum absolute atomic E-state index is 0.171. The molecule has 0 saturated heterocycles. The van der Waals surface area contributed by atoms with Crippen molar-refractivity contribution in [1.29, 1.82) is 0 Å². The molecule has 0 aliphatic rings. The molecule has 0 saturated carbocycles. The van der Waals surface area contributed by atoms with Crippen LogP contribution in [-0.4, -0.2) is 43.3 Å². The Bertz CT molecular complexity index is 425. The van der Waals surface area contributed by atoms with Gasteiger partial charge in [0.2, 0.25) is 11.8 Å². The highest BCUT2D eigenvalue weighted by molar-refractivity contribution is 5.90. The summed E-state index contributed by atoms with van der Waals surface area (Å²) in [5.41, 5.74) is 0. The summed E-state index contributed by atoms with van der Waals surface area (Å²) in [5.74, 6) is 0.170. The first-order valence-corrected chi connectivity index (χ1v) is 9.98. The molecule has 0 bridgehead atoms. The van der Waals surface area contributed by atoms with Crippen LogP contribution in [0.1, 0.15) is 73.1 Å². The smallest absolute Gasteiger partial charge is 0.243 e. The fourth-order valence-corrected chi connectivity index (χ4v) is 2.87. The van der Waals surface area contributed by atoms with Crippen molar-refractivity contribution in [3.05, 3.63) is 0 Å². The summed E-state index contributed by atoms with van der Waals surface area (Å²) < 4.78 is 0. The van der Waals surface area contributed by atoms with E-state index in [1.807, 2.05) is 13.8 Å². The lowest BCUT2D eigenvalue weighted by Crippen LogP contribution is -2.54. The molecular weight excluding hydrogens is 330 g/mol. The highest BCUT2D eigenvalue weighted by Gasteiger charge is 2.27. The summed E-state index contributed by atoms with van der Waals surface area (Å²) >= 11 is 0. The number of hydrogen-bond donors (Lipinski definition) is 3. The number of likely N-dealkylation sites (N-methyl/N-ethyl adjacent to an activating group) is 1. The van der Waals surface area contributed by atoms with E-state index in [-0.39, 0.29) is 23.8 Å². The third-order valence-corrected chi connectivity index (χ3v) is 4.32. The van der Waals surface area contributed by atoms with Gasteiger partial charge in [-0.2, -0.15) is 0 Å². The van der Waals surface area contributed by atoms with Crippen LogP contribution in [0, 0.1) is 11.8 Å². The molecule has 6 nitrogen and oxygen atoms in total. The van der Waals surface area contributed by atoms with Crippen molar-refractivity contribution in [2.45, 2.75) is 91.3 Å². The van der Waals surface area contributed by atoms with Crippen molar-refractivity contribution < 1.29 is 14.4 Å². The number of aldehydes is 1. The highest BCUT2D eigenvalue weighted by atomic mass is 16.2. The van der Waals surface area contributed by atoms with Crippen LogP contribution in [0.5, 0.6) is 0 Å². The van der Waals surface area contributed by atoms with E-state index >= 15 is 0 Å². The minimum atomic E-state index is -0.626. The Morgan fingerprint density at radius 1 is 0.885 bits per heavy atom. The number of amides is 2. The van der Waals surface area contributed by atoms with E-state index in [2.05, 4.69) is 36.7 Å². The fraction of sp³-hybridized carbons (Fsp3) is 0.850. The largest absolute Gasteiger partial charge is 0.345 e. The van der Waals surface area contributed by atoms with E-state index < -0.39 is 12.1 Å². The Morgan fingerprint density at radius 2 is 1.42 bits per heavy atom. The van der Waals surface area contributed by atoms with Gasteiger partial charge in [0.15, 0.2) is 0 Å². The van der Waals surface area contributed by atoms with Crippen molar-refractivity contribution in [2.24, 2.45) is 11.8 Å².